The second kappa shape index (κ2) is 12.1. The van der Waals surface area contributed by atoms with E-state index in [4.69, 9.17) is 9.47 Å². The Balaban J connectivity index is 1.53. The van der Waals surface area contributed by atoms with Crippen molar-refractivity contribution < 1.29 is 27.5 Å². The minimum Gasteiger partial charge on any atom is -0.497 e. The molecule has 0 aliphatic rings. The van der Waals surface area contributed by atoms with Gasteiger partial charge < -0.3 is 20.1 Å². The van der Waals surface area contributed by atoms with Crippen molar-refractivity contribution in [3.63, 3.8) is 0 Å². The fourth-order valence-electron chi connectivity index (χ4n) is 3.67. The highest BCUT2D eigenvalue weighted by molar-refractivity contribution is 7.92. The molecule has 0 aliphatic heterocycles. The SMILES string of the molecule is COc1ccc(N(CC(=O)Nc2ccc(Oc3ccccc3)cc2)S(=O)(=O)c2ccc(NC(C)=O)cc2)cc1. The maximum Gasteiger partial charge on any atom is 0.264 e. The molecule has 0 unspecified atom stereocenters. The number of nitrogens with zero attached hydrogens (tertiary/aromatic N) is 1. The molecule has 10 heteroatoms. The molecule has 4 aromatic carbocycles. The summed E-state index contributed by atoms with van der Waals surface area (Å²) in [7, 11) is -2.64. The van der Waals surface area contributed by atoms with Crippen molar-refractivity contribution in [1.29, 1.82) is 0 Å². The summed E-state index contributed by atoms with van der Waals surface area (Å²) in [5, 5.41) is 5.34. The lowest BCUT2D eigenvalue weighted by Crippen LogP contribution is -2.38. The van der Waals surface area contributed by atoms with E-state index in [1.807, 2.05) is 30.3 Å². The molecular formula is C29H27N3O6S. The van der Waals surface area contributed by atoms with E-state index in [-0.39, 0.29) is 16.5 Å². The number of carbonyl (C=O) groups excluding carboxylic acids is 2. The van der Waals surface area contributed by atoms with Gasteiger partial charge in [-0.25, -0.2) is 8.42 Å². The molecule has 200 valence electrons. The van der Waals surface area contributed by atoms with Crippen LogP contribution in [0.3, 0.4) is 0 Å². The van der Waals surface area contributed by atoms with Crippen molar-refractivity contribution >= 4 is 38.9 Å². The van der Waals surface area contributed by atoms with Crippen LogP contribution in [-0.2, 0) is 19.6 Å². The van der Waals surface area contributed by atoms with Gasteiger partial charge in [-0.1, -0.05) is 18.2 Å². The molecule has 0 radical (unpaired) electrons. The lowest BCUT2D eigenvalue weighted by molar-refractivity contribution is -0.115. The van der Waals surface area contributed by atoms with E-state index in [2.05, 4.69) is 10.6 Å². The highest BCUT2D eigenvalue weighted by atomic mass is 32.2. The smallest absolute Gasteiger partial charge is 0.264 e. The van der Waals surface area contributed by atoms with Crippen LogP contribution in [0, 0.1) is 0 Å². The summed E-state index contributed by atoms with van der Waals surface area (Å²) in [6.07, 6.45) is 0. The first-order valence-corrected chi connectivity index (χ1v) is 13.4. The Morgan fingerprint density at radius 1 is 0.718 bits per heavy atom. The molecule has 4 rings (SSSR count). The van der Waals surface area contributed by atoms with Crippen LogP contribution in [0.25, 0.3) is 0 Å². The van der Waals surface area contributed by atoms with E-state index in [9.17, 15) is 18.0 Å². The molecule has 0 aliphatic carbocycles. The van der Waals surface area contributed by atoms with Gasteiger partial charge in [0.1, 0.15) is 23.8 Å². The highest BCUT2D eigenvalue weighted by Crippen LogP contribution is 2.27. The van der Waals surface area contributed by atoms with E-state index in [1.165, 1.54) is 38.3 Å². The standard InChI is InChI=1S/C29H27N3O6S/c1-21(33)30-22-10-18-28(19-11-22)39(35,36)32(24-12-16-25(37-2)17-13-24)20-29(34)31-23-8-14-27(15-9-23)38-26-6-4-3-5-7-26/h3-19H,20H2,1-2H3,(H,30,33)(H,31,34). The van der Waals surface area contributed by atoms with Gasteiger partial charge in [0.15, 0.2) is 0 Å². The molecule has 0 fully saturated rings. The Labute approximate surface area is 227 Å². The Morgan fingerprint density at radius 2 is 1.26 bits per heavy atom. The fraction of sp³-hybridized carbons (Fsp3) is 0.103. The fourth-order valence-corrected chi connectivity index (χ4v) is 5.09. The van der Waals surface area contributed by atoms with Crippen LogP contribution in [0.4, 0.5) is 17.1 Å². The van der Waals surface area contributed by atoms with Crippen LogP contribution in [0.5, 0.6) is 17.2 Å². The van der Waals surface area contributed by atoms with E-state index in [1.54, 1.807) is 48.5 Å². The molecule has 0 atom stereocenters. The first kappa shape index (κ1) is 27.2. The van der Waals surface area contributed by atoms with Gasteiger partial charge in [0.25, 0.3) is 10.0 Å². The van der Waals surface area contributed by atoms with Crippen molar-refractivity contribution in [3.8, 4) is 17.2 Å². The average molecular weight is 546 g/mol. The molecule has 0 bridgehead atoms. The number of benzene rings is 4. The third kappa shape index (κ3) is 7.14. The summed E-state index contributed by atoms with van der Waals surface area (Å²) >= 11 is 0. The Hall–Kier alpha value is -4.83. The van der Waals surface area contributed by atoms with Gasteiger partial charge in [-0.15, -0.1) is 0 Å². The zero-order valence-electron chi connectivity index (χ0n) is 21.3. The Kier molecular flexibility index (Phi) is 8.47. The van der Waals surface area contributed by atoms with Crippen molar-refractivity contribution in [3.05, 3.63) is 103 Å². The quantitative estimate of drug-likeness (QED) is 0.280. The number of hydrogen-bond acceptors (Lipinski definition) is 6. The van der Waals surface area contributed by atoms with Crippen LogP contribution < -0.4 is 24.4 Å². The Bertz CT molecular complexity index is 1520. The molecule has 0 spiro atoms. The van der Waals surface area contributed by atoms with Gasteiger partial charge in [0.05, 0.1) is 17.7 Å². The maximum atomic E-state index is 13.6. The number of amides is 2. The molecule has 39 heavy (non-hydrogen) atoms. The van der Waals surface area contributed by atoms with Gasteiger partial charge >= 0.3 is 0 Å². The van der Waals surface area contributed by atoms with Gasteiger partial charge in [0, 0.05) is 18.3 Å². The van der Waals surface area contributed by atoms with Crippen molar-refractivity contribution in [2.45, 2.75) is 11.8 Å². The van der Waals surface area contributed by atoms with E-state index >= 15 is 0 Å². The van der Waals surface area contributed by atoms with Gasteiger partial charge in [0.2, 0.25) is 11.8 Å². The van der Waals surface area contributed by atoms with E-state index in [0.29, 0.717) is 28.6 Å². The summed E-state index contributed by atoms with van der Waals surface area (Å²) in [5.74, 6) is 0.991. The topological polar surface area (TPSA) is 114 Å². The monoisotopic (exact) mass is 545 g/mol. The highest BCUT2D eigenvalue weighted by Gasteiger charge is 2.27. The average Bonchev–Trinajstić information content (AvgIpc) is 2.93. The molecule has 9 nitrogen and oxygen atoms in total. The molecule has 4 aromatic rings. The van der Waals surface area contributed by atoms with Gasteiger partial charge in [-0.3, -0.25) is 13.9 Å². The molecule has 0 aromatic heterocycles. The Morgan fingerprint density at radius 3 is 1.85 bits per heavy atom. The maximum absolute atomic E-state index is 13.6. The molecule has 2 amide bonds. The summed E-state index contributed by atoms with van der Waals surface area (Å²) in [4.78, 5) is 24.3. The number of hydrogen-bond donors (Lipinski definition) is 2. The zero-order chi connectivity index (χ0) is 27.8. The first-order chi connectivity index (χ1) is 18.7. The number of nitrogens with one attached hydrogen (secondary N) is 2. The molecule has 0 saturated heterocycles. The second-order valence-corrected chi connectivity index (χ2v) is 10.3. The predicted octanol–water partition coefficient (Wildman–Crippen LogP) is 5.28. The van der Waals surface area contributed by atoms with Crippen LogP contribution in [0.15, 0.2) is 108 Å². The number of methoxy groups -OCH3 is 1. The van der Waals surface area contributed by atoms with E-state index < -0.39 is 22.5 Å². The normalized spacial score (nSPS) is 10.8. The van der Waals surface area contributed by atoms with Gasteiger partial charge in [-0.05, 0) is 84.9 Å². The minimum atomic E-state index is -4.15. The number of rotatable bonds is 10. The zero-order valence-corrected chi connectivity index (χ0v) is 22.1. The summed E-state index contributed by atoms with van der Waals surface area (Å²) < 4.78 is 39.2. The first-order valence-electron chi connectivity index (χ1n) is 11.9. The lowest BCUT2D eigenvalue weighted by Gasteiger charge is -2.24. The molecular weight excluding hydrogens is 518 g/mol. The number of anilines is 3. The van der Waals surface area contributed by atoms with Crippen LogP contribution in [0.1, 0.15) is 6.92 Å². The lowest BCUT2D eigenvalue weighted by atomic mass is 10.3. The van der Waals surface area contributed by atoms with Crippen molar-refractivity contribution in [2.24, 2.45) is 0 Å². The van der Waals surface area contributed by atoms with Crippen molar-refractivity contribution in [2.75, 3.05) is 28.6 Å². The predicted molar refractivity (Wildman–Crippen MR) is 150 cm³/mol. The molecule has 2 N–H and O–H groups in total. The minimum absolute atomic E-state index is 0.0392. The number of ether oxygens (including phenoxy) is 2. The third-order valence-corrected chi connectivity index (χ3v) is 7.32. The number of sulfonamides is 1. The number of para-hydroxylation sites is 1. The summed E-state index contributed by atoms with van der Waals surface area (Å²) in [6, 6.07) is 28.1. The van der Waals surface area contributed by atoms with E-state index in [0.717, 1.165) is 4.31 Å². The van der Waals surface area contributed by atoms with Crippen molar-refractivity contribution in [1.82, 2.24) is 0 Å². The van der Waals surface area contributed by atoms with Gasteiger partial charge in [-0.2, -0.15) is 0 Å². The molecule has 0 saturated carbocycles. The summed E-state index contributed by atoms with van der Waals surface area (Å²) in [6.45, 7) is 0.878. The summed E-state index contributed by atoms with van der Waals surface area (Å²) in [5.41, 5.74) is 1.21. The molecule has 0 heterocycles. The second-order valence-electron chi connectivity index (χ2n) is 8.40. The number of carbonyl (C=O) groups is 2. The largest absolute Gasteiger partial charge is 0.497 e. The van der Waals surface area contributed by atoms with Crippen LogP contribution in [0.2, 0.25) is 0 Å². The third-order valence-electron chi connectivity index (χ3n) is 5.53. The van der Waals surface area contributed by atoms with Crippen LogP contribution in [-0.4, -0.2) is 33.9 Å². The van der Waals surface area contributed by atoms with Crippen LogP contribution >= 0.6 is 0 Å².